The maximum absolute atomic E-state index is 14.1. The van der Waals surface area contributed by atoms with Crippen molar-refractivity contribution in [3.8, 4) is 5.75 Å². The molecule has 0 saturated carbocycles. The molecule has 0 bridgehead atoms. The van der Waals surface area contributed by atoms with E-state index in [2.05, 4.69) is 10.3 Å². The molecule has 1 atom stereocenters. The van der Waals surface area contributed by atoms with Crippen LogP contribution in [0.25, 0.3) is 10.9 Å². The lowest BCUT2D eigenvalue weighted by molar-refractivity contribution is 0.0946. The number of aromatic nitrogens is 2. The van der Waals surface area contributed by atoms with Gasteiger partial charge in [0.25, 0.3) is 11.5 Å². The van der Waals surface area contributed by atoms with Gasteiger partial charge in [-0.2, -0.15) is 0 Å². The molecule has 1 unspecified atom stereocenters. The summed E-state index contributed by atoms with van der Waals surface area (Å²) < 4.78 is 15.6. The van der Waals surface area contributed by atoms with Crippen LogP contribution in [0.3, 0.4) is 0 Å². The molecule has 7 heteroatoms. The Morgan fingerprint density at radius 3 is 2.96 bits per heavy atom. The number of aromatic hydroxyl groups is 1. The SMILES string of the molecule is Cc1ccncc1CNC(=O)c1c(O)c2cc(F)cc3c2n(c1=O)C(C)CC3. The predicted molar refractivity (Wildman–Crippen MR) is 103 cm³/mol. The second kappa shape index (κ2) is 6.74. The van der Waals surface area contributed by atoms with Crippen molar-refractivity contribution in [2.45, 2.75) is 39.3 Å². The fraction of sp³-hybridized carbons (Fsp3) is 0.286. The standard InChI is InChI=1S/C21H20FN3O3/c1-11-5-6-23-9-14(11)10-24-20(27)17-19(26)16-8-15(22)7-13-4-3-12(2)25(18(13)16)21(17)28/h5-9,12,26H,3-4,10H2,1-2H3,(H,24,27). The minimum Gasteiger partial charge on any atom is -0.506 e. The van der Waals surface area contributed by atoms with Crippen molar-refractivity contribution in [1.82, 2.24) is 14.9 Å². The zero-order valence-corrected chi connectivity index (χ0v) is 15.6. The molecule has 0 saturated heterocycles. The molecular formula is C21H20FN3O3. The molecule has 2 aromatic heterocycles. The summed E-state index contributed by atoms with van der Waals surface area (Å²) in [7, 11) is 0. The van der Waals surface area contributed by atoms with Gasteiger partial charge in [-0.05, 0) is 61.6 Å². The van der Waals surface area contributed by atoms with Gasteiger partial charge in [0, 0.05) is 30.4 Å². The monoisotopic (exact) mass is 381 g/mol. The molecule has 144 valence electrons. The Hall–Kier alpha value is -3.22. The minimum absolute atomic E-state index is 0.152. The maximum atomic E-state index is 14.1. The van der Waals surface area contributed by atoms with E-state index in [1.807, 2.05) is 19.9 Å². The van der Waals surface area contributed by atoms with Crippen LogP contribution in [0.2, 0.25) is 0 Å². The highest BCUT2D eigenvalue weighted by molar-refractivity contribution is 6.03. The molecule has 0 radical (unpaired) electrons. The van der Waals surface area contributed by atoms with Gasteiger partial charge < -0.3 is 15.0 Å². The zero-order valence-electron chi connectivity index (χ0n) is 15.6. The van der Waals surface area contributed by atoms with Gasteiger partial charge in [0.2, 0.25) is 0 Å². The van der Waals surface area contributed by atoms with Gasteiger partial charge in [-0.25, -0.2) is 4.39 Å². The average Bonchev–Trinajstić information content (AvgIpc) is 2.66. The maximum Gasteiger partial charge on any atom is 0.267 e. The van der Waals surface area contributed by atoms with Crippen LogP contribution in [0.1, 0.15) is 46.4 Å². The second-order valence-corrected chi connectivity index (χ2v) is 7.23. The molecule has 2 N–H and O–H groups in total. The van der Waals surface area contributed by atoms with Crippen LogP contribution >= 0.6 is 0 Å². The minimum atomic E-state index is -0.694. The molecule has 1 aliphatic heterocycles. The quantitative estimate of drug-likeness (QED) is 0.731. The van der Waals surface area contributed by atoms with E-state index in [4.69, 9.17) is 0 Å². The number of amides is 1. The second-order valence-electron chi connectivity index (χ2n) is 7.23. The van der Waals surface area contributed by atoms with Crippen molar-refractivity contribution in [1.29, 1.82) is 0 Å². The summed E-state index contributed by atoms with van der Waals surface area (Å²) in [5.74, 6) is -1.68. The van der Waals surface area contributed by atoms with E-state index >= 15 is 0 Å². The van der Waals surface area contributed by atoms with Crippen LogP contribution in [-0.4, -0.2) is 20.6 Å². The van der Waals surface area contributed by atoms with Crippen molar-refractivity contribution >= 4 is 16.8 Å². The van der Waals surface area contributed by atoms with E-state index in [0.29, 0.717) is 23.9 Å². The topological polar surface area (TPSA) is 84.2 Å². The van der Waals surface area contributed by atoms with Crippen LogP contribution in [0, 0.1) is 12.7 Å². The summed E-state index contributed by atoms with van der Waals surface area (Å²) in [4.78, 5) is 29.9. The number of benzene rings is 1. The van der Waals surface area contributed by atoms with Crippen molar-refractivity contribution < 1.29 is 14.3 Å². The number of pyridine rings is 2. The summed E-state index contributed by atoms with van der Waals surface area (Å²) in [6, 6.07) is 4.22. The van der Waals surface area contributed by atoms with E-state index in [0.717, 1.165) is 11.1 Å². The number of halogens is 1. The summed E-state index contributed by atoms with van der Waals surface area (Å²) in [5, 5.41) is 13.5. The lowest BCUT2D eigenvalue weighted by atomic mass is 9.95. The van der Waals surface area contributed by atoms with Crippen molar-refractivity contribution in [2.75, 3.05) is 0 Å². The molecule has 28 heavy (non-hydrogen) atoms. The third-order valence-electron chi connectivity index (χ3n) is 5.41. The molecule has 6 nitrogen and oxygen atoms in total. The Morgan fingerprint density at radius 2 is 2.21 bits per heavy atom. The molecular weight excluding hydrogens is 361 g/mol. The summed E-state index contributed by atoms with van der Waals surface area (Å²) in [6.45, 7) is 3.94. The highest BCUT2D eigenvalue weighted by Gasteiger charge is 2.28. The smallest absolute Gasteiger partial charge is 0.267 e. The fourth-order valence-electron chi connectivity index (χ4n) is 3.83. The van der Waals surface area contributed by atoms with E-state index in [9.17, 15) is 19.1 Å². The zero-order chi connectivity index (χ0) is 20.0. The van der Waals surface area contributed by atoms with Gasteiger partial charge in [0.05, 0.1) is 5.52 Å². The molecule has 3 heterocycles. The van der Waals surface area contributed by atoms with Crippen molar-refractivity contribution in [3.63, 3.8) is 0 Å². The highest BCUT2D eigenvalue weighted by Crippen LogP contribution is 2.35. The van der Waals surface area contributed by atoms with Gasteiger partial charge in [0.15, 0.2) is 0 Å². The molecule has 0 aliphatic carbocycles. The lowest BCUT2D eigenvalue weighted by Crippen LogP contribution is -2.36. The van der Waals surface area contributed by atoms with Crippen molar-refractivity contribution in [3.05, 3.63) is 69.0 Å². The number of aryl methyl sites for hydroxylation is 2. The Balaban J connectivity index is 1.83. The van der Waals surface area contributed by atoms with E-state index < -0.39 is 23.0 Å². The van der Waals surface area contributed by atoms with Gasteiger partial charge in [-0.3, -0.25) is 14.6 Å². The third-order valence-corrected chi connectivity index (χ3v) is 5.41. The molecule has 1 aromatic carbocycles. The Morgan fingerprint density at radius 1 is 1.43 bits per heavy atom. The number of carbonyl (C=O) groups is 1. The van der Waals surface area contributed by atoms with Gasteiger partial charge in [0.1, 0.15) is 17.1 Å². The summed E-state index contributed by atoms with van der Waals surface area (Å²) in [6.07, 6.45) is 4.56. The Labute approximate surface area is 160 Å². The molecule has 1 amide bonds. The Bertz CT molecular complexity index is 1170. The van der Waals surface area contributed by atoms with Gasteiger partial charge in [-0.15, -0.1) is 0 Å². The first kappa shape index (κ1) is 18.2. The first-order valence-corrected chi connectivity index (χ1v) is 9.15. The normalized spacial score (nSPS) is 15.6. The van der Waals surface area contributed by atoms with Gasteiger partial charge in [-0.1, -0.05) is 0 Å². The molecule has 0 spiro atoms. The largest absolute Gasteiger partial charge is 0.506 e. The van der Waals surface area contributed by atoms with E-state index in [1.165, 1.54) is 16.7 Å². The first-order chi connectivity index (χ1) is 13.4. The van der Waals surface area contributed by atoms with Gasteiger partial charge >= 0.3 is 0 Å². The number of hydrogen-bond acceptors (Lipinski definition) is 4. The van der Waals surface area contributed by atoms with E-state index in [-0.39, 0.29) is 23.5 Å². The number of hydrogen-bond donors (Lipinski definition) is 2. The van der Waals surface area contributed by atoms with Crippen LogP contribution in [0.5, 0.6) is 5.75 Å². The van der Waals surface area contributed by atoms with Crippen LogP contribution in [-0.2, 0) is 13.0 Å². The molecule has 1 aliphatic rings. The van der Waals surface area contributed by atoms with E-state index in [1.54, 1.807) is 12.4 Å². The fourth-order valence-corrected chi connectivity index (χ4v) is 3.83. The number of nitrogens with one attached hydrogen (secondary N) is 1. The van der Waals surface area contributed by atoms with Crippen LogP contribution in [0.4, 0.5) is 4.39 Å². The van der Waals surface area contributed by atoms with Crippen molar-refractivity contribution in [2.24, 2.45) is 0 Å². The predicted octanol–water partition coefficient (Wildman–Crippen LogP) is 2.99. The van der Waals surface area contributed by atoms with Crippen LogP contribution in [0.15, 0.2) is 35.4 Å². The summed E-state index contributed by atoms with van der Waals surface area (Å²) in [5.41, 5.74) is 2.00. The third kappa shape index (κ3) is 2.83. The number of nitrogens with zero attached hydrogens (tertiary/aromatic N) is 2. The highest BCUT2D eigenvalue weighted by atomic mass is 19.1. The first-order valence-electron chi connectivity index (χ1n) is 9.15. The lowest BCUT2D eigenvalue weighted by Gasteiger charge is -2.26. The number of carbonyl (C=O) groups excluding carboxylic acids is 1. The average molecular weight is 381 g/mol. The molecule has 4 rings (SSSR count). The molecule has 0 fully saturated rings. The Kier molecular flexibility index (Phi) is 4.37. The van der Waals surface area contributed by atoms with Crippen LogP contribution < -0.4 is 10.9 Å². The molecule has 3 aromatic rings. The summed E-state index contributed by atoms with van der Waals surface area (Å²) >= 11 is 0. The number of rotatable bonds is 3.